The molecule has 0 aliphatic rings. The first-order valence-corrected chi connectivity index (χ1v) is 5.92. The van der Waals surface area contributed by atoms with Gasteiger partial charge in [-0.1, -0.05) is 54.6 Å². The zero-order valence-electron chi connectivity index (χ0n) is 9.84. The molecule has 0 aliphatic carbocycles. The summed E-state index contributed by atoms with van der Waals surface area (Å²) < 4.78 is 0. The molecule has 0 N–H and O–H groups in total. The summed E-state index contributed by atoms with van der Waals surface area (Å²) >= 11 is 0. The second-order valence-electron chi connectivity index (χ2n) is 4.27. The van der Waals surface area contributed by atoms with Crippen molar-refractivity contribution in [2.75, 3.05) is 0 Å². The van der Waals surface area contributed by atoms with E-state index in [0.717, 1.165) is 33.7 Å². The lowest BCUT2D eigenvalue weighted by atomic mass is 9.96. The summed E-state index contributed by atoms with van der Waals surface area (Å²) in [7, 11) is 0. The normalized spacial score (nSPS) is 10.4. The van der Waals surface area contributed by atoms with Crippen molar-refractivity contribution in [3.05, 3.63) is 72.3 Å². The Morgan fingerprint density at radius 2 is 1.33 bits per heavy atom. The van der Waals surface area contributed by atoms with Crippen molar-refractivity contribution in [2.45, 2.75) is 0 Å². The molecule has 0 radical (unpaired) electrons. The summed E-state index contributed by atoms with van der Waals surface area (Å²) in [4.78, 5) is 11.2. The van der Waals surface area contributed by atoms with Crippen LogP contribution < -0.4 is 0 Å². The maximum atomic E-state index is 11.2. The Labute approximate surface area is 106 Å². The van der Waals surface area contributed by atoms with Gasteiger partial charge in [-0.2, -0.15) is 0 Å². The molecule has 3 aromatic rings. The van der Waals surface area contributed by atoms with Crippen molar-refractivity contribution in [1.82, 2.24) is 0 Å². The van der Waals surface area contributed by atoms with Crippen molar-refractivity contribution < 1.29 is 4.79 Å². The molecule has 3 rings (SSSR count). The minimum Gasteiger partial charge on any atom is -0.298 e. The predicted molar refractivity (Wildman–Crippen MR) is 74.8 cm³/mol. The summed E-state index contributed by atoms with van der Waals surface area (Å²) in [6, 6.07) is 22.1. The van der Waals surface area contributed by atoms with E-state index in [9.17, 15) is 4.79 Å². The van der Waals surface area contributed by atoms with Gasteiger partial charge < -0.3 is 0 Å². The van der Waals surface area contributed by atoms with E-state index in [1.807, 2.05) is 54.6 Å². The average Bonchev–Trinajstić information content (AvgIpc) is 2.46. The van der Waals surface area contributed by atoms with Gasteiger partial charge in [-0.3, -0.25) is 4.79 Å². The van der Waals surface area contributed by atoms with E-state index in [1.54, 1.807) is 0 Å². The first-order valence-electron chi connectivity index (χ1n) is 5.92. The molecule has 0 fully saturated rings. The molecule has 18 heavy (non-hydrogen) atoms. The lowest BCUT2D eigenvalue weighted by Crippen LogP contribution is -1.88. The van der Waals surface area contributed by atoms with Crippen molar-refractivity contribution in [3.63, 3.8) is 0 Å². The molecule has 0 aliphatic heterocycles. The van der Waals surface area contributed by atoms with Gasteiger partial charge in [-0.25, -0.2) is 0 Å². The van der Waals surface area contributed by atoms with E-state index in [1.165, 1.54) is 0 Å². The minimum absolute atomic E-state index is 0.736. The number of aldehydes is 1. The third-order valence-corrected chi connectivity index (χ3v) is 3.13. The maximum absolute atomic E-state index is 11.2. The highest BCUT2D eigenvalue weighted by atomic mass is 16.1. The van der Waals surface area contributed by atoms with Gasteiger partial charge in [0.25, 0.3) is 0 Å². The smallest absolute Gasteiger partial charge is 0.150 e. The monoisotopic (exact) mass is 232 g/mol. The number of hydrogen-bond donors (Lipinski definition) is 0. The van der Waals surface area contributed by atoms with Gasteiger partial charge in [0.2, 0.25) is 0 Å². The quantitative estimate of drug-likeness (QED) is 0.601. The SMILES string of the molecule is O=Cc1cc2ccccc2cc1-c1ccccc1. The van der Waals surface area contributed by atoms with Crippen LogP contribution >= 0.6 is 0 Å². The lowest BCUT2D eigenvalue weighted by Gasteiger charge is -2.07. The molecule has 0 spiro atoms. The number of fused-ring (bicyclic) bond motifs is 1. The standard InChI is InChI=1S/C17H12O/c18-12-16-10-14-8-4-5-9-15(14)11-17(16)13-6-2-1-3-7-13/h1-12H. The van der Waals surface area contributed by atoms with Crippen LogP contribution in [0.4, 0.5) is 0 Å². The van der Waals surface area contributed by atoms with E-state index in [0.29, 0.717) is 0 Å². The summed E-state index contributed by atoms with van der Waals surface area (Å²) in [6.45, 7) is 0. The van der Waals surface area contributed by atoms with Crippen molar-refractivity contribution >= 4 is 17.1 Å². The molecule has 86 valence electrons. The first-order chi connectivity index (χ1) is 8.88. The second-order valence-corrected chi connectivity index (χ2v) is 4.27. The largest absolute Gasteiger partial charge is 0.298 e. The molecule has 0 atom stereocenters. The minimum atomic E-state index is 0.736. The Kier molecular flexibility index (Phi) is 2.66. The van der Waals surface area contributed by atoms with Crippen LogP contribution in [0.2, 0.25) is 0 Å². The topological polar surface area (TPSA) is 17.1 Å². The number of benzene rings is 3. The summed E-state index contributed by atoms with van der Waals surface area (Å²) in [5.41, 5.74) is 2.80. The van der Waals surface area contributed by atoms with E-state index in [2.05, 4.69) is 12.1 Å². The lowest BCUT2D eigenvalue weighted by molar-refractivity contribution is 0.112. The Bertz CT molecular complexity index is 699. The maximum Gasteiger partial charge on any atom is 0.150 e. The Morgan fingerprint density at radius 3 is 2.00 bits per heavy atom. The Hall–Kier alpha value is -2.41. The molecule has 1 heteroatoms. The van der Waals surface area contributed by atoms with Crippen LogP contribution in [-0.4, -0.2) is 6.29 Å². The number of rotatable bonds is 2. The molecule has 3 aromatic carbocycles. The zero-order valence-corrected chi connectivity index (χ0v) is 9.84. The van der Waals surface area contributed by atoms with Crippen molar-refractivity contribution in [3.8, 4) is 11.1 Å². The summed E-state index contributed by atoms with van der Waals surface area (Å²) in [6.07, 6.45) is 0.925. The number of carbonyl (C=O) groups is 1. The molecule has 0 amide bonds. The van der Waals surface area contributed by atoms with Gasteiger partial charge in [0.15, 0.2) is 6.29 Å². The van der Waals surface area contributed by atoms with Gasteiger partial charge in [0, 0.05) is 5.56 Å². The fraction of sp³-hybridized carbons (Fsp3) is 0. The first kappa shape index (κ1) is 10.7. The van der Waals surface area contributed by atoms with Crippen LogP contribution in [-0.2, 0) is 0 Å². The highest BCUT2D eigenvalue weighted by molar-refractivity contribution is 5.97. The van der Waals surface area contributed by atoms with E-state index in [-0.39, 0.29) is 0 Å². The zero-order chi connectivity index (χ0) is 12.4. The number of hydrogen-bond acceptors (Lipinski definition) is 1. The van der Waals surface area contributed by atoms with Crippen molar-refractivity contribution in [1.29, 1.82) is 0 Å². The van der Waals surface area contributed by atoms with Gasteiger partial charge in [0.05, 0.1) is 0 Å². The number of carbonyl (C=O) groups excluding carboxylic acids is 1. The van der Waals surface area contributed by atoms with Crippen molar-refractivity contribution in [2.24, 2.45) is 0 Å². The van der Waals surface area contributed by atoms with Gasteiger partial charge in [-0.05, 0) is 34.0 Å². The third-order valence-electron chi connectivity index (χ3n) is 3.13. The summed E-state index contributed by atoms with van der Waals surface area (Å²) in [5, 5.41) is 2.25. The Morgan fingerprint density at radius 1 is 0.722 bits per heavy atom. The highest BCUT2D eigenvalue weighted by Crippen LogP contribution is 2.27. The van der Waals surface area contributed by atoms with E-state index < -0.39 is 0 Å². The fourth-order valence-electron chi connectivity index (χ4n) is 2.22. The molecule has 0 aromatic heterocycles. The van der Waals surface area contributed by atoms with Crippen LogP contribution in [0.15, 0.2) is 66.7 Å². The van der Waals surface area contributed by atoms with Crippen LogP contribution in [0.3, 0.4) is 0 Å². The second kappa shape index (κ2) is 4.46. The van der Waals surface area contributed by atoms with Gasteiger partial charge in [-0.15, -0.1) is 0 Å². The van der Waals surface area contributed by atoms with E-state index in [4.69, 9.17) is 0 Å². The van der Waals surface area contributed by atoms with Crippen LogP contribution in [0.5, 0.6) is 0 Å². The van der Waals surface area contributed by atoms with E-state index >= 15 is 0 Å². The van der Waals surface area contributed by atoms with Crippen LogP contribution in [0.1, 0.15) is 10.4 Å². The molecule has 0 saturated carbocycles. The molecule has 0 unspecified atom stereocenters. The predicted octanol–water partition coefficient (Wildman–Crippen LogP) is 4.32. The van der Waals surface area contributed by atoms with Crippen LogP contribution in [0, 0.1) is 0 Å². The molecule has 0 heterocycles. The average molecular weight is 232 g/mol. The van der Waals surface area contributed by atoms with Gasteiger partial charge >= 0.3 is 0 Å². The van der Waals surface area contributed by atoms with Crippen LogP contribution in [0.25, 0.3) is 21.9 Å². The summed E-state index contributed by atoms with van der Waals surface area (Å²) in [5.74, 6) is 0. The highest BCUT2D eigenvalue weighted by Gasteiger charge is 2.06. The Balaban J connectivity index is 2.31. The molecular weight excluding hydrogens is 220 g/mol. The molecule has 1 nitrogen and oxygen atoms in total. The molecule has 0 saturated heterocycles. The molecule has 0 bridgehead atoms. The van der Waals surface area contributed by atoms with Gasteiger partial charge in [0.1, 0.15) is 0 Å². The third kappa shape index (κ3) is 1.80. The molecular formula is C17H12O. The fourth-order valence-corrected chi connectivity index (χ4v) is 2.22.